The van der Waals surface area contributed by atoms with E-state index in [9.17, 15) is 30.0 Å². The van der Waals surface area contributed by atoms with Gasteiger partial charge in [0.2, 0.25) is 0 Å². The number of fused-ring (bicyclic) bond motifs is 2. The number of rotatable bonds is 8. The van der Waals surface area contributed by atoms with E-state index in [1.165, 1.54) is 18.3 Å². The largest absolute Gasteiger partial charge is 0.508 e. The summed E-state index contributed by atoms with van der Waals surface area (Å²) >= 11 is 0. The summed E-state index contributed by atoms with van der Waals surface area (Å²) in [5.41, 5.74) is 6.32. The van der Waals surface area contributed by atoms with E-state index in [-0.39, 0.29) is 46.0 Å². The maximum atomic E-state index is 13.5. The van der Waals surface area contributed by atoms with Crippen LogP contribution in [0, 0.1) is 0 Å². The van der Waals surface area contributed by atoms with Gasteiger partial charge in [0.1, 0.15) is 58.1 Å². The fraction of sp³-hybridized carbons (Fsp3) is 0.324. The van der Waals surface area contributed by atoms with Crippen molar-refractivity contribution in [3.8, 4) is 17.2 Å². The first-order chi connectivity index (χ1) is 21.4. The van der Waals surface area contributed by atoms with E-state index in [4.69, 9.17) is 19.6 Å². The van der Waals surface area contributed by atoms with Crippen molar-refractivity contribution in [1.82, 2.24) is 4.98 Å². The molecule has 1 aliphatic heterocycles. The van der Waals surface area contributed by atoms with Crippen molar-refractivity contribution >= 4 is 22.8 Å². The molecule has 1 aliphatic rings. The molecule has 3 heterocycles. The second-order valence-electron chi connectivity index (χ2n) is 11.7. The second kappa shape index (κ2) is 12.3. The average molecular weight is 617 g/mol. The van der Waals surface area contributed by atoms with Gasteiger partial charge in [0.15, 0.2) is 5.43 Å². The van der Waals surface area contributed by atoms with Crippen LogP contribution >= 0.6 is 0 Å². The fourth-order valence-corrected chi connectivity index (χ4v) is 5.85. The van der Waals surface area contributed by atoms with Gasteiger partial charge in [-0.3, -0.25) is 4.79 Å². The lowest BCUT2D eigenvalue weighted by atomic mass is 9.75. The first-order valence-electron chi connectivity index (χ1n) is 14.5. The van der Waals surface area contributed by atoms with Crippen molar-refractivity contribution in [2.24, 2.45) is 0 Å². The number of nitrogens with two attached hydrogens (primary N) is 1. The number of hydrogen-bond acceptors (Lipinski definition) is 11. The van der Waals surface area contributed by atoms with Gasteiger partial charge in [-0.1, -0.05) is 18.2 Å². The highest BCUT2D eigenvalue weighted by atomic mass is 16.6. The SMILES string of the molecule is C/C=C(/C)C(=O)O[C@@H]1Cc2c(c([C@@H](c3ccnc(N)c3)[C@H](CO)c3cccc(O)c3)c3oc(CO)cc(=O)c3c2O)OC1(C)C. The van der Waals surface area contributed by atoms with Crippen LogP contribution in [0.3, 0.4) is 0 Å². The van der Waals surface area contributed by atoms with E-state index in [1.54, 1.807) is 58.0 Å². The molecule has 0 amide bonds. The molecule has 45 heavy (non-hydrogen) atoms. The van der Waals surface area contributed by atoms with Gasteiger partial charge in [0, 0.05) is 47.2 Å². The second-order valence-corrected chi connectivity index (χ2v) is 11.7. The number of benzene rings is 2. The van der Waals surface area contributed by atoms with E-state index >= 15 is 0 Å². The van der Waals surface area contributed by atoms with Gasteiger partial charge in [0.05, 0.1) is 6.61 Å². The lowest BCUT2D eigenvalue weighted by molar-refractivity contribution is -0.156. The molecule has 6 N–H and O–H groups in total. The zero-order valence-corrected chi connectivity index (χ0v) is 25.4. The molecule has 0 spiro atoms. The van der Waals surface area contributed by atoms with Crippen molar-refractivity contribution in [3.05, 3.63) is 98.5 Å². The first-order valence-corrected chi connectivity index (χ1v) is 14.5. The number of nitrogen functional groups attached to an aromatic ring is 1. The molecule has 0 radical (unpaired) electrons. The number of anilines is 1. The van der Waals surface area contributed by atoms with Gasteiger partial charge in [0.25, 0.3) is 0 Å². The van der Waals surface area contributed by atoms with E-state index in [0.717, 1.165) is 6.07 Å². The Labute approximate surface area is 259 Å². The first kappa shape index (κ1) is 31.6. The predicted molar refractivity (Wildman–Crippen MR) is 166 cm³/mol. The van der Waals surface area contributed by atoms with Crippen LogP contribution in [0.25, 0.3) is 11.0 Å². The van der Waals surface area contributed by atoms with Crippen LogP contribution in [0.4, 0.5) is 5.82 Å². The highest BCUT2D eigenvalue weighted by Crippen LogP contribution is 2.53. The van der Waals surface area contributed by atoms with Crippen molar-refractivity contribution in [2.45, 2.75) is 64.3 Å². The molecular formula is C34H36N2O9. The summed E-state index contributed by atoms with van der Waals surface area (Å²) in [5.74, 6) is -2.30. The lowest BCUT2D eigenvalue weighted by Crippen LogP contribution is -2.49. The molecule has 2 aromatic carbocycles. The average Bonchev–Trinajstić information content (AvgIpc) is 3.00. The van der Waals surface area contributed by atoms with Crippen molar-refractivity contribution in [3.63, 3.8) is 0 Å². The maximum absolute atomic E-state index is 13.5. The van der Waals surface area contributed by atoms with Gasteiger partial charge < -0.3 is 40.1 Å². The summed E-state index contributed by atoms with van der Waals surface area (Å²) in [5, 5.41) is 42.7. The molecule has 11 nitrogen and oxygen atoms in total. The van der Waals surface area contributed by atoms with Crippen molar-refractivity contribution in [1.29, 1.82) is 0 Å². The van der Waals surface area contributed by atoms with Crippen LogP contribution in [0.5, 0.6) is 17.2 Å². The highest BCUT2D eigenvalue weighted by Gasteiger charge is 2.45. The number of phenolic OH excluding ortho intramolecular Hbond substituents is 2. The molecule has 4 aromatic rings. The number of phenols is 2. The van der Waals surface area contributed by atoms with Gasteiger partial charge >= 0.3 is 5.97 Å². The molecule has 3 atom stereocenters. The fourth-order valence-electron chi connectivity index (χ4n) is 5.85. The summed E-state index contributed by atoms with van der Waals surface area (Å²) in [6.45, 7) is 5.80. The van der Waals surface area contributed by atoms with Crippen molar-refractivity contribution in [2.75, 3.05) is 12.3 Å². The number of pyridine rings is 1. The molecule has 0 aliphatic carbocycles. The van der Waals surface area contributed by atoms with Crippen LogP contribution in [0.1, 0.15) is 67.5 Å². The number of esters is 1. The zero-order chi connectivity index (χ0) is 32.6. The Kier molecular flexibility index (Phi) is 8.59. The Bertz CT molecular complexity index is 1860. The number of nitrogens with zero attached hydrogens (tertiary/aromatic N) is 1. The third-order valence-electron chi connectivity index (χ3n) is 8.35. The van der Waals surface area contributed by atoms with Crippen LogP contribution in [-0.2, 0) is 22.6 Å². The minimum Gasteiger partial charge on any atom is -0.508 e. The van der Waals surface area contributed by atoms with Crippen LogP contribution in [-0.4, -0.2) is 49.7 Å². The summed E-state index contributed by atoms with van der Waals surface area (Å²) in [7, 11) is 0. The monoisotopic (exact) mass is 616 g/mol. The van der Waals surface area contributed by atoms with E-state index in [1.807, 2.05) is 0 Å². The standard InChI is InChI=1S/C34H36N2O9/c1-5-17(2)33(42)44-25-14-22-30(41)28-24(40)13-21(15-37)43-32(28)29(31(22)45-34(25,3)4)27(19-9-10-36-26(35)12-19)23(16-38)18-7-6-8-20(39)11-18/h5-13,23,25,27,37-39,41H,14-16H2,1-4H3,(H2,35,36)/b17-5-/t23-,25-,27+/m1/s1. The quantitative estimate of drug-likeness (QED) is 0.141. The number of allylic oxidation sites excluding steroid dienone is 1. The number of hydrogen-bond donors (Lipinski definition) is 5. The normalized spacial score (nSPS) is 17.3. The highest BCUT2D eigenvalue weighted by molar-refractivity contribution is 5.92. The maximum Gasteiger partial charge on any atom is 0.333 e. The minimum absolute atomic E-state index is 0.0118. The topological polar surface area (TPSA) is 186 Å². The number of carbonyl (C=O) groups is 1. The molecular weight excluding hydrogens is 580 g/mol. The number of ether oxygens (including phenoxy) is 2. The van der Waals surface area contributed by atoms with Gasteiger partial charge in [-0.05, 0) is 63.1 Å². The molecule has 0 saturated heterocycles. The lowest BCUT2D eigenvalue weighted by Gasteiger charge is -2.41. The molecule has 0 bridgehead atoms. The van der Waals surface area contributed by atoms with Crippen molar-refractivity contribution < 1.29 is 39.1 Å². The summed E-state index contributed by atoms with van der Waals surface area (Å²) < 4.78 is 18.5. The Morgan fingerprint density at radius 1 is 1.18 bits per heavy atom. The van der Waals surface area contributed by atoms with Crippen LogP contribution < -0.4 is 15.9 Å². The minimum atomic E-state index is -1.14. The summed E-state index contributed by atoms with van der Waals surface area (Å²) in [4.78, 5) is 30.4. The zero-order valence-electron chi connectivity index (χ0n) is 25.4. The molecule has 236 valence electrons. The Morgan fingerprint density at radius 3 is 2.58 bits per heavy atom. The van der Waals surface area contributed by atoms with Gasteiger partial charge in [-0.2, -0.15) is 0 Å². The Balaban J connectivity index is 1.88. The van der Waals surface area contributed by atoms with E-state index in [2.05, 4.69) is 4.98 Å². The molecule has 11 heteroatoms. The summed E-state index contributed by atoms with van der Waals surface area (Å²) in [6.07, 6.45) is 2.26. The number of aliphatic hydroxyl groups excluding tert-OH is 2. The molecule has 0 unspecified atom stereocenters. The van der Waals surface area contributed by atoms with E-state index in [0.29, 0.717) is 22.3 Å². The van der Waals surface area contributed by atoms with Gasteiger partial charge in [-0.15, -0.1) is 0 Å². The van der Waals surface area contributed by atoms with Gasteiger partial charge in [-0.25, -0.2) is 9.78 Å². The third-order valence-corrected chi connectivity index (χ3v) is 8.35. The third kappa shape index (κ3) is 5.84. The predicted octanol–water partition coefficient (Wildman–Crippen LogP) is 4.17. The van der Waals surface area contributed by atoms with Crippen LogP contribution in [0.2, 0.25) is 0 Å². The molecule has 2 aromatic heterocycles. The number of aliphatic hydroxyl groups is 2. The molecule has 0 fully saturated rings. The summed E-state index contributed by atoms with van der Waals surface area (Å²) in [6, 6.07) is 10.8. The number of aromatic hydroxyl groups is 2. The number of carbonyl (C=O) groups excluding carboxylic acids is 1. The Hall–Kier alpha value is -4.87. The Morgan fingerprint density at radius 2 is 1.93 bits per heavy atom. The molecule has 5 rings (SSSR count). The number of aromatic nitrogens is 1. The molecule has 0 saturated carbocycles. The van der Waals surface area contributed by atoms with Crippen LogP contribution in [0.15, 0.2) is 69.5 Å². The smallest absolute Gasteiger partial charge is 0.333 e. The van der Waals surface area contributed by atoms with E-state index < -0.39 is 53.9 Å².